The standard InChI is InChI=1S/C23H28N6O4/c1-3-33-17-7-5-16(6-8-17)20-19(21(30)32-2)18(26-23(31)27-20)15-28-11-13-29(14-12-28)22-24-9-4-10-25-22/h4-10,20H,3,11-15H2,1-2H3,(H2,26,27,31)/t20-/m0/s1. The minimum Gasteiger partial charge on any atom is -0.494 e. The molecule has 1 fully saturated rings. The van der Waals surface area contributed by atoms with Crippen molar-refractivity contribution >= 4 is 17.9 Å². The highest BCUT2D eigenvalue weighted by Crippen LogP contribution is 2.29. The first-order chi connectivity index (χ1) is 16.1. The Balaban J connectivity index is 1.53. The van der Waals surface area contributed by atoms with Gasteiger partial charge in [-0.15, -0.1) is 0 Å². The second-order valence-electron chi connectivity index (χ2n) is 7.73. The second-order valence-corrected chi connectivity index (χ2v) is 7.73. The summed E-state index contributed by atoms with van der Waals surface area (Å²) in [6, 6.07) is 8.17. The number of piperazine rings is 1. The Kier molecular flexibility index (Phi) is 7.04. The molecular weight excluding hydrogens is 424 g/mol. The number of nitrogens with zero attached hydrogens (tertiary/aromatic N) is 4. The molecule has 1 atom stereocenters. The zero-order valence-corrected chi connectivity index (χ0v) is 18.8. The fourth-order valence-corrected chi connectivity index (χ4v) is 4.05. The van der Waals surface area contributed by atoms with Crippen LogP contribution in [0.3, 0.4) is 0 Å². The smallest absolute Gasteiger partial charge is 0.338 e. The van der Waals surface area contributed by atoms with Crippen LogP contribution in [0.25, 0.3) is 0 Å². The normalized spacial score (nSPS) is 19.0. The van der Waals surface area contributed by atoms with Crippen molar-refractivity contribution < 1.29 is 19.1 Å². The number of hydrogen-bond donors (Lipinski definition) is 2. The van der Waals surface area contributed by atoms with Crippen LogP contribution in [0.1, 0.15) is 18.5 Å². The van der Waals surface area contributed by atoms with E-state index in [1.54, 1.807) is 18.5 Å². The fourth-order valence-electron chi connectivity index (χ4n) is 4.05. The molecule has 1 aromatic heterocycles. The summed E-state index contributed by atoms with van der Waals surface area (Å²) >= 11 is 0. The van der Waals surface area contributed by atoms with Gasteiger partial charge in [-0.3, -0.25) is 4.90 Å². The van der Waals surface area contributed by atoms with Crippen molar-refractivity contribution in [3.05, 3.63) is 59.6 Å². The van der Waals surface area contributed by atoms with Crippen LogP contribution in [0.5, 0.6) is 5.75 Å². The van der Waals surface area contributed by atoms with Crippen LogP contribution in [0, 0.1) is 0 Å². The highest BCUT2D eigenvalue weighted by atomic mass is 16.5. The highest BCUT2D eigenvalue weighted by molar-refractivity contribution is 5.95. The van der Waals surface area contributed by atoms with E-state index < -0.39 is 12.0 Å². The maximum atomic E-state index is 12.8. The van der Waals surface area contributed by atoms with Crippen LogP contribution in [0.2, 0.25) is 0 Å². The number of amides is 2. The Labute approximate surface area is 192 Å². The summed E-state index contributed by atoms with van der Waals surface area (Å²) in [6.45, 7) is 5.89. The molecule has 0 unspecified atom stereocenters. The predicted molar refractivity (Wildman–Crippen MR) is 122 cm³/mol. The number of methoxy groups -OCH3 is 1. The van der Waals surface area contributed by atoms with Crippen LogP contribution in [-0.4, -0.2) is 73.3 Å². The molecule has 2 amide bonds. The van der Waals surface area contributed by atoms with Crippen LogP contribution >= 0.6 is 0 Å². The largest absolute Gasteiger partial charge is 0.494 e. The number of carbonyl (C=O) groups excluding carboxylic acids is 2. The molecular formula is C23H28N6O4. The summed E-state index contributed by atoms with van der Waals surface area (Å²) in [7, 11) is 1.34. The summed E-state index contributed by atoms with van der Waals surface area (Å²) in [4.78, 5) is 38.2. The van der Waals surface area contributed by atoms with Crippen molar-refractivity contribution in [3.8, 4) is 5.75 Å². The van der Waals surface area contributed by atoms with Gasteiger partial charge in [-0.2, -0.15) is 0 Å². The van der Waals surface area contributed by atoms with Gasteiger partial charge in [-0.25, -0.2) is 19.6 Å². The molecule has 0 saturated carbocycles. The van der Waals surface area contributed by atoms with Crippen molar-refractivity contribution in [1.82, 2.24) is 25.5 Å². The van der Waals surface area contributed by atoms with Gasteiger partial charge in [-0.05, 0) is 30.7 Å². The van der Waals surface area contributed by atoms with Gasteiger partial charge in [0.25, 0.3) is 0 Å². The Morgan fingerprint density at radius 1 is 1.12 bits per heavy atom. The molecule has 4 rings (SSSR count). The van der Waals surface area contributed by atoms with Gasteiger partial charge in [0.1, 0.15) is 5.75 Å². The van der Waals surface area contributed by atoms with Gasteiger partial charge in [0.15, 0.2) is 0 Å². The first-order valence-corrected chi connectivity index (χ1v) is 10.9. The van der Waals surface area contributed by atoms with Crippen molar-refractivity contribution in [3.63, 3.8) is 0 Å². The van der Waals surface area contributed by atoms with E-state index in [4.69, 9.17) is 9.47 Å². The molecule has 0 spiro atoms. The van der Waals surface area contributed by atoms with Gasteiger partial charge < -0.3 is 25.0 Å². The van der Waals surface area contributed by atoms with Crippen LogP contribution in [0.4, 0.5) is 10.7 Å². The SMILES string of the molecule is CCOc1ccc([C@@H]2NC(=O)NC(CN3CCN(c4ncccn4)CC3)=C2C(=O)OC)cc1. The molecule has 174 valence electrons. The topological polar surface area (TPSA) is 109 Å². The maximum Gasteiger partial charge on any atom is 0.338 e. The highest BCUT2D eigenvalue weighted by Gasteiger charge is 2.34. The number of ether oxygens (including phenoxy) is 2. The maximum absolute atomic E-state index is 12.8. The zero-order valence-electron chi connectivity index (χ0n) is 18.8. The number of nitrogens with one attached hydrogen (secondary N) is 2. The number of carbonyl (C=O) groups is 2. The molecule has 0 radical (unpaired) electrons. The van der Waals surface area contributed by atoms with E-state index in [0.717, 1.165) is 37.5 Å². The van der Waals surface area contributed by atoms with Gasteiger partial charge in [-0.1, -0.05) is 12.1 Å². The van der Waals surface area contributed by atoms with Gasteiger partial charge >= 0.3 is 12.0 Å². The number of esters is 1. The molecule has 2 aromatic rings. The van der Waals surface area contributed by atoms with Crippen molar-refractivity contribution in [2.75, 3.05) is 51.3 Å². The first-order valence-electron chi connectivity index (χ1n) is 10.9. The van der Waals surface area contributed by atoms with E-state index >= 15 is 0 Å². The van der Waals surface area contributed by atoms with Gasteiger partial charge in [0.2, 0.25) is 5.95 Å². The minimum absolute atomic E-state index is 0.354. The van der Waals surface area contributed by atoms with Crippen molar-refractivity contribution in [1.29, 1.82) is 0 Å². The lowest BCUT2D eigenvalue weighted by Gasteiger charge is -2.37. The van der Waals surface area contributed by atoms with Crippen molar-refractivity contribution in [2.24, 2.45) is 0 Å². The van der Waals surface area contributed by atoms with Crippen LogP contribution in [-0.2, 0) is 9.53 Å². The number of aromatic nitrogens is 2. The lowest BCUT2D eigenvalue weighted by Crippen LogP contribution is -2.52. The van der Waals surface area contributed by atoms with Crippen LogP contribution < -0.4 is 20.3 Å². The molecule has 1 aromatic carbocycles. The summed E-state index contributed by atoms with van der Waals surface area (Å²) in [5, 5.41) is 5.68. The fraction of sp³-hybridized carbons (Fsp3) is 0.391. The van der Waals surface area contributed by atoms with Crippen molar-refractivity contribution in [2.45, 2.75) is 13.0 Å². The van der Waals surface area contributed by atoms with E-state index in [9.17, 15) is 9.59 Å². The number of hydrogen-bond acceptors (Lipinski definition) is 8. The molecule has 33 heavy (non-hydrogen) atoms. The molecule has 0 bridgehead atoms. The first kappa shape index (κ1) is 22.5. The van der Waals surface area contributed by atoms with E-state index in [0.29, 0.717) is 30.4 Å². The lowest BCUT2D eigenvalue weighted by atomic mass is 9.95. The number of benzene rings is 1. The molecule has 2 aliphatic rings. The summed E-state index contributed by atoms with van der Waals surface area (Å²) < 4.78 is 10.6. The molecule has 1 saturated heterocycles. The third-order valence-electron chi connectivity index (χ3n) is 5.67. The Bertz CT molecular complexity index is 1000. The third-order valence-corrected chi connectivity index (χ3v) is 5.67. The number of rotatable bonds is 7. The predicted octanol–water partition coefficient (Wildman–Crippen LogP) is 1.48. The Morgan fingerprint density at radius 3 is 2.45 bits per heavy atom. The average Bonchev–Trinajstić information content (AvgIpc) is 2.85. The summed E-state index contributed by atoms with van der Waals surface area (Å²) in [5.74, 6) is 0.954. The second kappa shape index (κ2) is 10.3. The van der Waals surface area contributed by atoms with Gasteiger partial charge in [0, 0.05) is 50.8 Å². The average molecular weight is 453 g/mol. The summed E-state index contributed by atoms with van der Waals surface area (Å²) in [6.07, 6.45) is 3.46. The van der Waals surface area contributed by atoms with E-state index in [2.05, 4.69) is 30.4 Å². The zero-order chi connectivity index (χ0) is 23.2. The Hall–Kier alpha value is -3.66. The number of urea groups is 1. The number of anilines is 1. The summed E-state index contributed by atoms with van der Waals surface area (Å²) in [5.41, 5.74) is 1.72. The van der Waals surface area contributed by atoms with E-state index in [-0.39, 0.29) is 6.03 Å². The minimum atomic E-state index is -0.615. The quantitative estimate of drug-likeness (QED) is 0.608. The monoisotopic (exact) mass is 452 g/mol. The van der Waals surface area contributed by atoms with E-state index in [1.807, 2.05) is 31.2 Å². The van der Waals surface area contributed by atoms with E-state index in [1.165, 1.54) is 7.11 Å². The van der Waals surface area contributed by atoms with Gasteiger partial charge in [0.05, 0.1) is 25.3 Å². The third kappa shape index (κ3) is 5.23. The Morgan fingerprint density at radius 2 is 1.82 bits per heavy atom. The molecule has 10 nitrogen and oxygen atoms in total. The molecule has 2 N–H and O–H groups in total. The molecule has 3 heterocycles. The lowest BCUT2D eigenvalue weighted by molar-refractivity contribution is -0.136. The molecule has 0 aliphatic carbocycles. The van der Waals surface area contributed by atoms with Crippen LogP contribution in [0.15, 0.2) is 54.0 Å². The molecule has 2 aliphatic heterocycles. The molecule has 10 heteroatoms.